The maximum atomic E-state index is 12.1. The number of nitrogens with zero attached hydrogens (tertiary/aromatic N) is 2. The summed E-state index contributed by atoms with van der Waals surface area (Å²) < 4.78 is 6.86. The Morgan fingerprint density at radius 3 is 2.60 bits per heavy atom. The highest BCUT2D eigenvalue weighted by Crippen LogP contribution is 2.20. The van der Waals surface area contributed by atoms with Gasteiger partial charge in [-0.05, 0) is 39.0 Å². The molecule has 1 aromatic carbocycles. The summed E-state index contributed by atoms with van der Waals surface area (Å²) in [5.41, 5.74) is 3.07. The molecule has 1 aromatic heterocycles. The highest BCUT2D eigenvalue weighted by atomic mass is 35.5. The van der Waals surface area contributed by atoms with Crippen molar-refractivity contribution >= 4 is 35.2 Å². The molecule has 1 heterocycles. The maximum Gasteiger partial charge on any atom is 0.331 e. The van der Waals surface area contributed by atoms with E-state index in [2.05, 4.69) is 10.4 Å². The highest BCUT2D eigenvalue weighted by molar-refractivity contribution is 6.33. The first kappa shape index (κ1) is 18.7. The minimum Gasteiger partial charge on any atom is -0.449 e. The van der Waals surface area contributed by atoms with E-state index in [-0.39, 0.29) is 0 Å². The molecular formula is C18H20ClN3O3. The van der Waals surface area contributed by atoms with Crippen molar-refractivity contribution in [2.45, 2.75) is 26.9 Å². The van der Waals surface area contributed by atoms with Gasteiger partial charge >= 0.3 is 5.97 Å². The van der Waals surface area contributed by atoms with Crippen LogP contribution in [-0.4, -0.2) is 27.8 Å². The molecule has 0 bridgehead atoms. The molecule has 0 saturated heterocycles. The van der Waals surface area contributed by atoms with E-state index in [9.17, 15) is 9.59 Å². The average Bonchev–Trinajstić information content (AvgIpc) is 2.80. The maximum absolute atomic E-state index is 12.1. The van der Waals surface area contributed by atoms with Crippen molar-refractivity contribution < 1.29 is 14.3 Å². The number of rotatable bonds is 5. The largest absolute Gasteiger partial charge is 0.449 e. The van der Waals surface area contributed by atoms with Crippen molar-refractivity contribution in [3.05, 3.63) is 52.3 Å². The first-order valence-corrected chi connectivity index (χ1v) is 8.11. The van der Waals surface area contributed by atoms with Gasteiger partial charge in [-0.1, -0.05) is 23.7 Å². The topological polar surface area (TPSA) is 73.2 Å². The first-order chi connectivity index (χ1) is 11.8. The Morgan fingerprint density at radius 1 is 1.32 bits per heavy atom. The van der Waals surface area contributed by atoms with E-state index in [1.165, 1.54) is 13.0 Å². The van der Waals surface area contributed by atoms with Crippen LogP contribution in [0.3, 0.4) is 0 Å². The number of amides is 1. The van der Waals surface area contributed by atoms with Gasteiger partial charge in [-0.2, -0.15) is 5.10 Å². The predicted molar refractivity (Wildman–Crippen MR) is 97.4 cm³/mol. The van der Waals surface area contributed by atoms with Crippen molar-refractivity contribution in [1.29, 1.82) is 0 Å². The summed E-state index contributed by atoms with van der Waals surface area (Å²) in [5, 5.41) is 7.31. The van der Waals surface area contributed by atoms with Crippen LogP contribution in [0, 0.1) is 13.8 Å². The molecule has 7 heteroatoms. The monoisotopic (exact) mass is 361 g/mol. The normalized spacial score (nSPS) is 12.2. The van der Waals surface area contributed by atoms with E-state index >= 15 is 0 Å². The van der Waals surface area contributed by atoms with E-state index in [1.807, 2.05) is 20.9 Å². The van der Waals surface area contributed by atoms with Crippen molar-refractivity contribution in [1.82, 2.24) is 9.78 Å². The fourth-order valence-corrected chi connectivity index (χ4v) is 2.43. The Labute approximate surface area is 151 Å². The number of hydrogen-bond acceptors (Lipinski definition) is 4. The molecule has 2 rings (SSSR count). The molecule has 1 atom stereocenters. The third kappa shape index (κ3) is 4.70. The van der Waals surface area contributed by atoms with Crippen molar-refractivity contribution in [2.24, 2.45) is 7.05 Å². The number of aromatic nitrogens is 2. The first-order valence-electron chi connectivity index (χ1n) is 7.74. The van der Waals surface area contributed by atoms with E-state index < -0.39 is 18.0 Å². The lowest BCUT2D eigenvalue weighted by molar-refractivity contribution is -0.148. The number of nitrogens with one attached hydrogen (secondary N) is 1. The molecule has 6 nitrogen and oxygen atoms in total. The zero-order valence-electron chi connectivity index (χ0n) is 14.5. The average molecular weight is 362 g/mol. The number of esters is 1. The molecule has 0 fully saturated rings. The van der Waals surface area contributed by atoms with E-state index in [4.69, 9.17) is 16.3 Å². The molecular weight excluding hydrogens is 342 g/mol. The van der Waals surface area contributed by atoms with Gasteiger partial charge in [0, 0.05) is 24.4 Å². The Hall–Kier alpha value is -2.60. The zero-order valence-corrected chi connectivity index (χ0v) is 15.3. The molecule has 0 aliphatic heterocycles. The molecule has 1 N–H and O–H groups in total. The molecule has 25 heavy (non-hydrogen) atoms. The molecule has 0 unspecified atom stereocenters. The Morgan fingerprint density at radius 2 is 2.00 bits per heavy atom. The van der Waals surface area contributed by atoms with Crippen LogP contribution in [0.1, 0.15) is 23.9 Å². The quantitative estimate of drug-likeness (QED) is 0.655. The number of carbonyl (C=O) groups is 2. The number of aryl methyl sites for hydroxylation is 2. The predicted octanol–water partition coefficient (Wildman–Crippen LogP) is 3.27. The number of benzene rings is 1. The van der Waals surface area contributed by atoms with Crippen LogP contribution in [0.2, 0.25) is 5.02 Å². The van der Waals surface area contributed by atoms with Crippen molar-refractivity contribution in [2.75, 3.05) is 5.32 Å². The smallest absolute Gasteiger partial charge is 0.331 e. The van der Waals surface area contributed by atoms with Gasteiger partial charge in [0.15, 0.2) is 6.10 Å². The number of halogens is 1. The van der Waals surface area contributed by atoms with Gasteiger partial charge in [0.2, 0.25) is 0 Å². The van der Waals surface area contributed by atoms with E-state index in [0.29, 0.717) is 10.7 Å². The second-order valence-electron chi connectivity index (χ2n) is 5.59. The standard InChI is InChI=1S/C18H20ClN3O3/c1-11-14(12(2)22(4)21-11)9-10-17(23)25-13(3)18(24)20-16-8-6-5-7-15(16)19/h5-10,13H,1-4H3,(H,20,24)/b10-9+/t13-/m1/s1. The summed E-state index contributed by atoms with van der Waals surface area (Å²) in [6, 6.07) is 6.84. The number of carbonyl (C=O) groups excluding carboxylic acids is 2. The number of ether oxygens (including phenoxy) is 1. The van der Waals surface area contributed by atoms with E-state index in [1.54, 1.807) is 35.0 Å². The molecule has 0 spiro atoms. The summed E-state index contributed by atoms with van der Waals surface area (Å²) in [4.78, 5) is 24.0. The summed E-state index contributed by atoms with van der Waals surface area (Å²) in [6.45, 7) is 5.26. The van der Waals surface area contributed by atoms with Crippen molar-refractivity contribution in [3.63, 3.8) is 0 Å². The molecule has 0 radical (unpaired) electrons. The minimum atomic E-state index is -0.954. The second kappa shape index (κ2) is 7.98. The fourth-order valence-electron chi connectivity index (χ4n) is 2.25. The number of hydrogen-bond donors (Lipinski definition) is 1. The lowest BCUT2D eigenvalue weighted by Crippen LogP contribution is -2.29. The number of anilines is 1. The summed E-state index contributed by atoms with van der Waals surface area (Å²) in [7, 11) is 1.83. The molecule has 132 valence electrons. The van der Waals surface area contributed by atoms with Gasteiger partial charge in [0.1, 0.15) is 0 Å². The highest BCUT2D eigenvalue weighted by Gasteiger charge is 2.17. The Balaban J connectivity index is 1.96. The SMILES string of the molecule is Cc1nn(C)c(C)c1/C=C/C(=O)O[C@H](C)C(=O)Nc1ccccc1Cl. The minimum absolute atomic E-state index is 0.414. The van der Waals surface area contributed by atoms with Crippen LogP contribution < -0.4 is 5.32 Å². The Kier molecular flexibility index (Phi) is 5.98. The van der Waals surface area contributed by atoms with Crippen LogP contribution in [-0.2, 0) is 21.4 Å². The summed E-state index contributed by atoms with van der Waals surface area (Å²) in [6.07, 6.45) is 1.97. The molecule has 0 aliphatic carbocycles. The van der Waals surface area contributed by atoms with Crippen LogP contribution in [0.25, 0.3) is 6.08 Å². The third-order valence-electron chi connectivity index (χ3n) is 3.74. The van der Waals surface area contributed by atoms with Crippen molar-refractivity contribution in [3.8, 4) is 0 Å². The second-order valence-corrected chi connectivity index (χ2v) is 6.00. The molecule has 0 saturated carbocycles. The van der Waals surface area contributed by atoms with Crippen LogP contribution >= 0.6 is 11.6 Å². The van der Waals surface area contributed by atoms with Gasteiger partial charge in [-0.15, -0.1) is 0 Å². The van der Waals surface area contributed by atoms with Gasteiger partial charge in [-0.25, -0.2) is 4.79 Å². The molecule has 1 amide bonds. The van der Waals surface area contributed by atoms with Crippen LogP contribution in [0.15, 0.2) is 30.3 Å². The van der Waals surface area contributed by atoms with Crippen LogP contribution in [0.4, 0.5) is 5.69 Å². The molecule has 2 aromatic rings. The van der Waals surface area contributed by atoms with Gasteiger partial charge < -0.3 is 10.1 Å². The van der Waals surface area contributed by atoms with Gasteiger partial charge in [0.25, 0.3) is 5.91 Å². The Bertz CT molecular complexity index is 827. The number of para-hydroxylation sites is 1. The summed E-state index contributed by atoms with van der Waals surface area (Å²) >= 11 is 5.99. The zero-order chi connectivity index (χ0) is 18.6. The van der Waals surface area contributed by atoms with Crippen LogP contribution in [0.5, 0.6) is 0 Å². The fraction of sp³-hybridized carbons (Fsp3) is 0.278. The lowest BCUT2D eigenvalue weighted by atomic mass is 10.2. The van der Waals surface area contributed by atoms with Gasteiger partial charge in [0.05, 0.1) is 16.4 Å². The third-order valence-corrected chi connectivity index (χ3v) is 4.07. The molecule has 0 aliphatic rings. The summed E-state index contributed by atoms with van der Waals surface area (Å²) in [5.74, 6) is -1.06. The van der Waals surface area contributed by atoms with E-state index in [0.717, 1.165) is 17.0 Å². The lowest BCUT2D eigenvalue weighted by Gasteiger charge is -2.13. The van der Waals surface area contributed by atoms with Gasteiger partial charge in [-0.3, -0.25) is 9.48 Å².